The predicted molar refractivity (Wildman–Crippen MR) is 108 cm³/mol. The molecule has 0 saturated heterocycles. The van der Waals surface area contributed by atoms with E-state index < -0.39 is 0 Å². The van der Waals surface area contributed by atoms with Crippen molar-refractivity contribution >= 4 is 53.7 Å². The highest BCUT2D eigenvalue weighted by atomic mass is 35.5. The molecule has 0 radical (unpaired) electrons. The molecule has 0 aliphatic heterocycles. The van der Waals surface area contributed by atoms with Crippen LogP contribution in [0.4, 0.5) is 0 Å². The lowest BCUT2D eigenvalue weighted by atomic mass is 10.3. The number of ether oxygens (including phenoxy) is 1. The van der Waals surface area contributed by atoms with Crippen molar-refractivity contribution < 1.29 is 9.53 Å². The number of carbonyl (C=O) groups excluding carboxylic acids is 1. The largest absolute Gasteiger partial charge is 0.486 e. The van der Waals surface area contributed by atoms with Gasteiger partial charge in [0.25, 0.3) is 5.91 Å². The number of rotatable bonds is 7. The zero-order valence-electron chi connectivity index (χ0n) is 14.2. The molecule has 1 N–H and O–H groups in total. The summed E-state index contributed by atoms with van der Waals surface area (Å²) in [6.45, 7) is 3.60. The average Bonchev–Trinajstić information content (AvgIpc) is 2.92. The van der Waals surface area contributed by atoms with E-state index in [2.05, 4.69) is 10.3 Å². The number of halogens is 3. The number of aryl methyl sites for hydroxylation is 1. The summed E-state index contributed by atoms with van der Waals surface area (Å²) in [5.41, 5.74) is 0.742. The maximum atomic E-state index is 12.4. The Balaban J connectivity index is 0.00000288. The molecule has 0 saturated carbocycles. The van der Waals surface area contributed by atoms with Gasteiger partial charge in [-0.1, -0.05) is 11.6 Å². The summed E-state index contributed by atoms with van der Waals surface area (Å²) in [6.07, 6.45) is 0. The van der Waals surface area contributed by atoms with Gasteiger partial charge in [0.2, 0.25) is 0 Å². The minimum Gasteiger partial charge on any atom is -0.486 e. The maximum absolute atomic E-state index is 12.4. The summed E-state index contributed by atoms with van der Waals surface area (Å²) < 4.78 is 5.67. The van der Waals surface area contributed by atoms with E-state index in [4.69, 9.17) is 16.3 Å². The summed E-state index contributed by atoms with van der Waals surface area (Å²) >= 11 is 7.22. The van der Waals surface area contributed by atoms with Gasteiger partial charge in [-0.2, -0.15) is 0 Å². The van der Waals surface area contributed by atoms with E-state index in [1.165, 1.54) is 11.3 Å². The number of nitrogens with one attached hydrogen (secondary N) is 1. The van der Waals surface area contributed by atoms with Crippen LogP contribution in [0.5, 0.6) is 5.75 Å². The van der Waals surface area contributed by atoms with E-state index in [9.17, 15) is 4.79 Å². The zero-order chi connectivity index (χ0) is 16.8. The second-order valence-electron chi connectivity index (χ2n) is 5.09. The summed E-state index contributed by atoms with van der Waals surface area (Å²) in [5, 5.41) is 4.48. The molecular weight excluding hydrogens is 405 g/mol. The van der Waals surface area contributed by atoms with Gasteiger partial charge < -0.3 is 15.0 Å². The first kappa shape index (κ1) is 23.9. The Morgan fingerprint density at radius 2 is 1.96 bits per heavy atom. The van der Waals surface area contributed by atoms with Crippen molar-refractivity contribution in [2.75, 3.05) is 27.2 Å². The van der Waals surface area contributed by atoms with Gasteiger partial charge in [-0.15, -0.1) is 36.2 Å². The van der Waals surface area contributed by atoms with Crippen LogP contribution in [-0.4, -0.2) is 43.0 Å². The van der Waals surface area contributed by atoms with Crippen molar-refractivity contribution in [1.29, 1.82) is 0 Å². The molecule has 2 aromatic rings. The number of thiazole rings is 1. The molecule has 1 heterocycles. The number of hydrogen-bond acceptors (Lipinski definition) is 5. The number of likely N-dealkylation sites (N-methyl/N-ethyl adjacent to an activating group) is 2. The van der Waals surface area contributed by atoms with Crippen LogP contribution >= 0.6 is 47.8 Å². The van der Waals surface area contributed by atoms with Gasteiger partial charge in [-0.3, -0.25) is 4.79 Å². The van der Waals surface area contributed by atoms with Crippen molar-refractivity contribution in [2.45, 2.75) is 13.5 Å². The summed E-state index contributed by atoms with van der Waals surface area (Å²) in [7, 11) is 3.66. The highest BCUT2D eigenvalue weighted by molar-refractivity contribution is 7.13. The molecule has 0 spiro atoms. The molecular formula is C16H22Cl3N3O2S. The van der Waals surface area contributed by atoms with Crippen molar-refractivity contribution in [3.63, 3.8) is 0 Å². The minimum absolute atomic E-state index is 0. The van der Waals surface area contributed by atoms with Crippen LogP contribution in [0.1, 0.15) is 20.4 Å². The second kappa shape index (κ2) is 11.5. The predicted octanol–water partition coefficient (Wildman–Crippen LogP) is 3.82. The molecule has 0 atom stereocenters. The Labute approximate surface area is 169 Å². The number of benzene rings is 1. The molecule has 140 valence electrons. The van der Waals surface area contributed by atoms with E-state index in [1.54, 1.807) is 36.2 Å². The van der Waals surface area contributed by atoms with Gasteiger partial charge in [0.1, 0.15) is 22.2 Å². The molecule has 0 aliphatic carbocycles. The fraction of sp³-hybridized carbons (Fsp3) is 0.375. The van der Waals surface area contributed by atoms with Crippen LogP contribution in [0.25, 0.3) is 0 Å². The Kier molecular flexibility index (Phi) is 11.1. The molecule has 0 unspecified atom stereocenters. The molecule has 25 heavy (non-hydrogen) atoms. The first-order valence-electron chi connectivity index (χ1n) is 7.26. The molecule has 0 fully saturated rings. The van der Waals surface area contributed by atoms with Gasteiger partial charge >= 0.3 is 0 Å². The van der Waals surface area contributed by atoms with Crippen molar-refractivity contribution in [1.82, 2.24) is 15.2 Å². The van der Waals surface area contributed by atoms with Gasteiger partial charge in [0, 0.05) is 25.2 Å². The lowest BCUT2D eigenvalue weighted by Crippen LogP contribution is -2.32. The van der Waals surface area contributed by atoms with Crippen LogP contribution in [-0.2, 0) is 6.61 Å². The van der Waals surface area contributed by atoms with Gasteiger partial charge in [-0.05, 0) is 38.2 Å². The molecule has 0 aliphatic rings. The smallest absolute Gasteiger partial charge is 0.265 e. The fourth-order valence-electron chi connectivity index (χ4n) is 1.94. The summed E-state index contributed by atoms with van der Waals surface area (Å²) in [4.78, 5) is 19.2. The lowest BCUT2D eigenvalue weighted by molar-refractivity contribution is 0.0800. The highest BCUT2D eigenvalue weighted by Crippen LogP contribution is 2.22. The number of amides is 1. The Morgan fingerprint density at radius 1 is 1.32 bits per heavy atom. The van der Waals surface area contributed by atoms with Crippen LogP contribution in [0.3, 0.4) is 0 Å². The number of hydrogen-bond donors (Lipinski definition) is 1. The first-order chi connectivity index (χ1) is 11.0. The molecule has 1 aromatic heterocycles. The van der Waals surface area contributed by atoms with Crippen LogP contribution < -0.4 is 10.1 Å². The Hall–Kier alpha value is -1.05. The summed E-state index contributed by atoms with van der Waals surface area (Å²) in [5.74, 6) is 0.717. The standard InChI is InChI=1S/C16H20ClN3O2S.2ClH/c1-11-15(16(21)20(3)9-8-18-2)23-14(19-11)10-22-13-6-4-12(17)5-7-13;;/h4-7,18H,8-10H2,1-3H3;2*1H. The van der Waals surface area contributed by atoms with Crippen LogP contribution in [0.2, 0.25) is 5.02 Å². The molecule has 1 amide bonds. The first-order valence-corrected chi connectivity index (χ1v) is 8.45. The number of nitrogens with zero attached hydrogens (tertiary/aromatic N) is 2. The van der Waals surface area contributed by atoms with E-state index in [-0.39, 0.29) is 30.7 Å². The number of aromatic nitrogens is 1. The van der Waals surface area contributed by atoms with E-state index >= 15 is 0 Å². The third-order valence-corrected chi connectivity index (χ3v) is 4.63. The van der Waals surface area contributed by atoms with Gasteiger partial charge in [0.15, 0.2) is 0 Å². The normalized spacial score (nSPS) is 9.76. The van der Waals surface area contributed by atoms with Crippen molar-refractivity contribution in [2.24, 2.45) is 0 Å². The van der Waals surface area contributed by atoms with E-state index in [0.29, 0.717) is 23.1 Å². The number of carbonyl (C=O) groups is 1. The third-order valence-electron chi connectivity index (χ3n) is 3.25. The van der Waals surface area contributed by atoms with Crippen LogP contribution in [0, 0.1) is 6.92 Å². The minimum atomic E-state index is -0.00649. The monoisotopic (exact) mass is 425 g/mol. The maximum Gasteiger partial charge on any atom is 0.265 e. The van der Waals surface area contributed by atoms with Crippen molar-refractivity contribution in [3.8, 4) is 5.75 Å². The molecule has 5 nitrogen and oxygen atoms in total. The highest BCUT2D eigenvalue weighted by Gasteiger charge is 2.18. The molecule has 0 bridgehead atoms. The lowest BCUT2D eigenvalue weighted by Gasteiger charge is -2.15. The molecule has 9 heteroatoms. The van der Waals surface area contributed by atoms with Crippen LogP contribution in [0.15, 0.2) is 24.3 Å². The third kappa shape index (κ3) is 6.99. The second-order valence-corrected chi connectivity index (χ2v) is 6.62. The van der Waals surface area contributed by atoms with E-state index in [0.717, 1.165) is 23.0 Å². The zero-order valence-corrected chi connectivity index (χ0v) is 17.4. The molecule has 1 aromatic carbocycles. The Morgan fingerprint density at radius 3 is 2.56 bits per heavy atom. The average molecular weight is 427 g/mol. The van der Waals surface area contributed by atoms with Crippen molar-refractivity contribution in [3.05, 3.63) is 44.9 Å². The fourth-order valence-corrected chi connectivity index (χ4v) is 3.04. The quantitative estimate of drug-likeness (QED) is 0.731. The SMILES string of the molecule is CNCCN(C)C(=O)c1sc(COc2ccc(Cl)cc2)nc1C.Cl.Cl. The van der Waals surface area contributed by atoms with Gasteiger partial charge in [-0.25, -0.2) is 4.98 Å². The van der Waals surface area contributed by atoms with Gasteiger partial charge in [0.05, 0.1) is 5.69 Å². The topological polar surface area (TPSA) is 54.5 Å². The molecule has 2 rings (SSSR count). The van der Waals surface area contributed by atoms with E-state index in [1.807, 2.05) is 14.0 Å². The summed E-state index contributed by atoms with van der Waals surface area (Å²) in [6, 6.07) is 7.16. The Bertz CT molecular complexity index is 665.